The molecular formula is C36H73O4P. The van der Waals surface area contributed by atoms with Gasteiger partial charge in [0.2, 0.25) is 0 Å². The number of hydrogen-bond acceptors (Lipinski definition) is 2. The fourth-order valence-corrected chi connectivity index (χ4v) is 5.01. The molecule has 0 unspecified atom stereocenters. The van der Waals surface area contributed by atoms with Crippen LogP contribution in [0.5, 0.6) is 0 Å². The Balaban J connectivity index is 0. The van der Waals surface area contributed by atoms with Crippen molar-refractivity contribution >= 4 is 8.25 Å². The second-order valence-corrected chi connectivity index (χ2v) is 12.3. The Morgan fingerprint density at radius 1 is 0.415 bits per heavy atom. The van der Waals surface area contributed by atoms with Gasteiger partial charge in [-0.05, 0) is 64.2 Å². The van der Waals surface area contributed by atoms with Crippen molar-refractivity contribution in [3.05, 3.63) is 24.3 Å². The largest absolute Gasteiger partial charge is 0.381 e. The van der Waals surface area contributed by atoms with Gasteiger partial charge < -0.3 is 14.5 Å². The van der Waals surface area contributed by atoms with E-state index in [4.69, 9.17) is 19.1 Å². The smallest absolute Gasteiger partial charge is 0.314 e. The SMILES string of the molecule is CCCCCCCC/C=C\CCCCCCCCOCCCCCCCC/C=C\CCCCCCCC.O=[PH](O)O. The van der Waals surface area contributed by atoms with Gasteiger partial charge in [-0.15, -0.1) is 0 Å². The van der Waals surface area contributed by atoms with E-state index in [1.54, 1.807) is 0 Å². The van der Waals surface area contributed by atoms with Crippen LogP contribution in [0.4, 0.5) is 0 Å². The van der Waals surface area contributed by atoms with Crippen molar-refractivity contribution in [3.8, 4) is 0 Å². The maximum absolute atomic E-state index is 8.74. The molecule has 41 heavy (non-hydrogen) atoms. The van der Waals surface area contributed by atoms with E-state index in [9.17, 15) is 0 Å². The van der Waals surface area contributed by atoms with Crippen molar-refractivity contribution in [3.63, 3.8) is 0 Å². The van der Waals surface area contributed by atoms with Crippen LogP contribution in [0.2, 0.25) is 0 Å². The minimum atomic E-state index is -3.13. The van der Waals surface area contributed by atoms with Gasteiger partial charge in [0.15, 0.2) is 0 Å². The zero-order valence-electron chi connectivity index (χ0n) is 27.7. The summed E-state index contributed by atoms with van der Waals surface area (Å²) < 4.78 is 14.6. The van der Waals surface area contributed by atoms with Gasteiger partial charge in [0.05, 0.1) is 0 Å². The molecule has 0 aliphatic rings. The Labute approximate surface area is 258 Å². The third kappa shape index (κ3) is 49.6. The first-order valence-corrected chi connectivity index (χ1v) is 19.2. The van der Waals surface area contributed by atoms with Crippen LogP contribution in [-0.2, 0) is 9.30 Å². The van der Waals surface area contributed by atoms with Gasteiger partial charge in [-0.25, -0.2) is 0 Å². The molecule has 0 heterocycles. The van der Waals surface area contributed by atoms with Crippen LogP contribution in [0.15, 0.2) is 24.3 Å². The summed E-state index contributed by atoms with van der Waals surface area (Å²) in [5, 5.41) is 0. The van der Waals surface area contributed by atoms with Crippen LogP contribution < -0.4 is 0 Å². The van der Waals surface area contributed by atoms with Gasteiger partial charge in [0.25, 0.3) is 0 Å². The summed E-state index contributed by atoms with van der Waals surface area (Å²) in [6.07, 6.45) is 48.1. The van der Waals surface area contributed by atoms with Crippen LogP contribution in [0.3, 0.4) is 0 Å². The van der Waals surface area contributed by atoms with Crippen molar-refractivity contribution in [2.75, 3.05) is 13.2 Å². The quantitative estimate of drug-likeness (QED) is 0.0458. The van der Waals surface area contributed by atoms with Gasteiger partial charge in [-0.2, -0.15) is 0 Å². The van der Waals surface area contributed by atoms with Crippen LogP contribution >= 0.6 is 8.25 Å². The molecule has 0 atom stereocenters. The van der Waals surface area contributed by atoms with E-state index < -0.39 is 8.25 Å². The van der Waals surface area contributed by atoms with Crippen molar-refractivity contribution in [2.45, 2.75) is 194 Å². The average molecular weight is 601 g/mol. The Kier molecular flexibility index (Phi) is 43.5. The Morgan fingerprint density at radius 3 is 0.902 bits per heavy atom. The molecule has 0 spiro atoms. The summed E-state index contributed by atoms with van der Waals surface area (Å²) in [4.78, 5) is 14.3. The molecule has 246 valence electrons. The van der Waals surface area contributed by atoms with E-state index in [1.807, 2.05) is 0 Å². The highest BCUT2D eigenvalue weighted by atomic mass is 31.1. The zero-order valence-corrected chi connectivity index (χ0v) is 28.7. The molecule has 4 nitrogen and oxygen atoms in total. The summed E-state index contributed by atoms with van der Waals surface area (Å²) in [7, 11) is -3.13. The molecule has 0 aromatic rings. The lowest BCUT2D eigenvalue weighted by molar-refractivity contribution is 0.125. The van der Waals surface area contributed by atoms with Gasteiger partial charge in [-0.3, -0.25) is 4.57 Å². The van der Waals surface area contributed by atoms with E-state index in [2.05, 4.69) is 38.2 Å². The number of ether oxygens (including phenoxy) is 1. The molecule has 0 aliphatic heterocycles. The summed E-state index contributed by atoms with van der Waals surface area (Å²) in [5.74, 6) is 0. The van der Waals surface area contributed by atoms with E-state index in [0.29, 0.717) is 0 Å². The molecular weight excluding hydrogens is 527 g/mol. The molecule has 0 rings (SSSR count). The van der Waals surface area contributed by atoms with Crippen molar-refractivity contribution in [2.24, 2.45) is 0 Å². The van der Waals surface area contributed by atoms with Crippen LogP contribution in [0.1, 0.15) is 194 Å². The molecule has 2 N–H and O–H groups in total. The van der Waals surface area contributed by atoms with Crippen molar-refractivity contribution in [1.82, 2.24) is 0 Å². The normalized spacial score (nSPS) is 11.6. The molecule has 0 radical (unpaired) electrons. The third-order valence-electron chi connectivity index (χ3n) is 7.60. The van der Waals surface area contributed by atoms with Gasteiger partial charge >= 0.3 is 8.25 Å². The lowest BCUT2D eigenvalue weighted by atomic mass is 10.1. The summed E-state index contributed by atoms with van der Waals surface area (Å²) in [5.41, 5.74) is 0. The predicted octanol–water partition coefficient (Wildman–Crippen LogP) is 12.4. The average Bonchev–Trinajstić information content (AvgIpc) is 2.95. The second kappa shape index (κ2) is 41.7. The lowest BCUT2D eigenvalue weighted by Gasteiger charge is -2.05. The first-order chi connectivity index (χ1) is 20.1. The van der Waals surface area contributed by atoms with Crippen LogP contribution in [0, 0.1) is 0 Å². The summed E-state index contributed by atoms with van der Waals surface area (Å²) in [6, 6.07) is 0. The molecule has 0 bridgehead atoms. The summed E-state index contributed by atoms with van der Waals surface area (Å²) in [6.45, 7) is 6.54. The lowest BCUT2D eigenvalue weighted by Crippen LogP contribution is -1.97. The molecule has 0 aliphatic carbocycles. The molecule has 0 saturated heterocycles. The maximum Gasteiger partial charge on any atom is 0.314 e. The molecule has 0 aromatic heterocycles. The first-order valence-electron chi connectivity index (χ1n) is 17.9. The fourth-order valence-electron chi connectivity index (χ4n) is 5.01. The summed E-state index contributed by atoms with van der Waals surface area (Å²) >= 11 is 0. The third-order valence-corrected chi connectivity index (χ3v) is 7.60. The molecule has 0 amide bonds. The number of allylic oxidation sites excluding steroid dienone is 4. The molecule has 0 aromatic carbocycles. The topological polar surface area (TPSA) is 66.8 Å². The number of hydrogen-bond donors (Lipinski definition) is 2. The first kappa shape index (κ1) is 42.7. The highest BCUT2D eigenvalue weighted by Crippen LogP contribution is 2.12. The van der Waals surface area contributed by atoms with E-state index in [0.717, 1.165) is 13.2 Å². The predicted molar refractivity (Wildman–Crippen MR) is 183 cm³/mol. The Morgan fingerprint density at radius 2 is 0.634 bits per heavy atom. The van der Waals surface area contributed by atoms with Crippen molar-refractivity contribution < 1.29 is 19.1 Å². The number of unbranched alkanes of at least 4 members (excludes halogenated alkanes) is 24. The minimum absolute atomic E-state index is 0.978. The second-order valence-electron chi connectivity index (χ2n) is 11.8. The van der Waals surface area contributed by atoms with Crippen molar-refractivity contribution in [1.29, 1.82) is 0 Å². The number of rotatable bonds is 32. The minimum Gasteiger partial charge on any atom is -0.381 e. The zero-order chi connectivity index (χ0) is 30.3. The van der Waals surface area contributed by atoms with E-state index in [-0.39, 0.29) is 0 Å². The molecule has 5 heteroatoms. The van der Waals surface area contributed by atoms with E-state index >= 15 is 0 Å². The Hall–Kier alpha value is -0.410. The monoisotopic (exact) mass is 601 g/mol. The maximum atomic E-state index is 8.74. The fraction of sp³-hybridized carbons (Fsp3) is 0.889. The van der Waals surface area contributed by atoms with E-state index in [1.165, 1.54) is 180 Å². The van der Waals surface area contributed by atoms with Gasteiger partial charge in [-0.1, -0.05) is 154 Å². The highest BCUT2D eigenvalue weighted by Gasteiger charge is 1.95. The van der Waals surface area contributed by atoms with Gasteiger partial charge in [0.1, 0.15) is 0 Å². The Bertz CT molecular complexity index is 492. The van der Waals surface area contributed by atoms with Crippen LogP contribution in [0.25, 0.3) is 0 Å². The van der Waals surface area contributed by atoms with Crippen LogP contribution in [-0.4, -0.2) is 23.0 Å². The van der Waals surface area contributed by atoms with Gasteiger partial charge in [0, 0.05) is 13.2 Å². The standard InChI is InChI=1S/C36H70O.H3O3P/c1-3-5-7-9-11-13-15-17-19-21-23-25-27-29-31-33-35-37-36-34-32-30-28-26-24-22-20-18-16-14-12-10-8-6-4-2;1-4(2)3/h17-20H,3-16,21-36H2,1-2H3;4H,(H2,1,2,3)/b19-17-,20-18-;. The molecule has 0 saturated carbocycles. The highest BCUT2D eigenvalue weighted by molar-refractivity contribution is 7.30. The molecule has 0 fully saturated rings.